The quantitative estimate of drug-likeness (QED) is 0.136. The number of rotatable bonds is 15. The van der Waals surface area contributed by atoms with Crippen LogP contribution in [0.25, 0.3) is 10.8 Å². The summed E-state index contributed by atoms with van der Waals surface area (Å²) in [5.74, 6) is 0.555. The van der Waals surface area contributed by atoms with Crippen LogP contribution in [-0.4, -0.2) is 114 Å². The minimum Gasteiger partial charge on any atom is -0.492 e. The lowest BCUT2D eigenvalue weighted by Crippen LogP contribution is -2.51. The molecule has 0 saturated carbocycles. The van der Waals surface area contributed by atoms with Gasteiger partial charge in [0.15, 0.2) is 0 Å². The number of ether oxygens (including phenoxy) is 3. The number of hydrogen-bond acceptors (Lipinski definition) is 9. The summed E-state index contributed by atoms with van der Waals surface area (Å²) in [6, 6.07) is 28.6. The molecule has 0 spiro atoms. The van der Waals surface area contributed by atoms with E-state index in [1.165, 1.54) is 0 Å². The van der Waals surface area contributed by atoms with Crippen LogP contribution >= 0.6 is 0 Å². The number of aliphatic hydroxyl groups is 2. The highest BCUT2D eigenvalue weighted by Crippen LogP contribution is 2.33. The number of nitrogens with one attached hydrogen (secondary N) is 2. The Kier molecular flexibility index (Phi) is 13.1. The zero-order valence-electron chi connectivity index (χ0n) is 33.4. The van der Waals surface area contributed by atoms with Gasteiger partial charge in [-0.15, -0.1) is 0 Å². The van der Waals surface area contributed by atoms with E-state index in [9.17, 15) is 19.8 Å². The van der Waals surface area contributed by atoms with E-state index in [0.29, 0.717) is 32.4 Å². The Morgan fingerprint density at radius 2 is 1.68 bits per heavy atom. The molecule has 0 aromatic heterocycles. The average molecular weight is 779 g/mol. The minimum atomic E-state index is -0.925. The molecule has 7 rings (SSSR count). The summed E-state index contributed by atoms with van der Waals surface area (Å²) in [4.78, 5) is 32.3. The molecule has 1 aliphatic carbocycles. The highest BCUT2D eigenvalue weighted by molar-refractivity contribution is 5.88. The zero-order chi connectivity index (χ0) is 39.9. The normalized spacial score (nSPS) is 22.5. The van der Waals surface area contributed by atoms with Crippen LogP contribution in [0.1, 0.15) is 56.3 Å². The van der Waals surface area contributed by atoms with Crippen LogP contribution in [0.3, 0.4) is 0 Å². The van der Waals surface area contributed by atoms with Crippen LogP contribution in [0.2, 0.25) is 0 Å². The molecule has 3 aliphatic rings. The largest absolute Gasteiger partial charge is 0.492 e. The molecule has 2 amide bonds. The Balaban J connectivity index is 1.05. The fraction of sp³-hybridized carbons (Fsp3) is 0.478. The van der Waals surface area contributed by atoms with Crippen LogP contribution in [0.15, 0.2) is 91.0 Å². The Labute approximate surface area is 336 Å². The van der Waals surface area contributed by atoms with Crippen LogP contribution in [0, 0.1) is 5.92 Å². The number of β-amino-alcohol motifs (C(OH)–C–C–N with tert-alkyl or cyclic N) is 1. The Morgan fingerprint density at radius 1 is 0.947 bits per heavy atom. The molecular weight excluding hydrogens is 721 g/mol. The second-order valence-corrected chi connectivity index (χ2v) is 16.9. The van der Waals surface area contributed by atoms with E-state index >= 15 is 0 Å². The lowest BCUT2D eigenvalue weighted by Gasteiger charge is -2.30. The smallest absolute Gasteiger partial charge is 0.237 e. The standard InChI is InChI=1S/C46H58N4O7/c1-46(2,3)48-45(54)40-28-37(57-42-14-8-11-32-9-4-6-12-38(32)42)30-50(40)29-35(51)26-34(44(53)47-43-39-13-7-5-10-33(39)27-41(43)52)25-31-15-17-36(18-16-31)56-24-21-49-19-22-55-23-20-49/h4-18,34-35,37,40-41,43,51-52H,19-30H2,1-3H3,(H,47,53)(H,48,54)/t34-,35+,37+,40?,41-,43+/m1/s1. The maximum absolute atomic E-state index is 14.2. The number of fused-ring (bicyclic) bond motifs is 2. The first-order chi connectivity index (χ1) is 27.5. The third-order valence-corrected chi connectivity index (χ3v) is 11.3. The molecule has 57 heavy (non-hydrogen) atoms. The molecule has 6 atom stereocenters. The summed E-state index contributed by atoms with van der Waals surface area (Å²) in [5.41, 5.74) is 2.43. The average Bonchev–Trinajstić information content (AvgIpc) is 3.74. The fourth-order valence-electron chi connectivity index (χ4n) is 8.45. The van der Waals surface area contributed by atoms with Gasteiger partial charge in [0.25, 0.3) is 0 Å². The van der Waals surface area contributed by atoms with E-state index in [2.05, 4.69) is 15.5 Å². The van der Waals surface area contributed by atoms with Gasteiger partial charge in [-0.1, -0.05) is 72.8 Å². The highest BCUT2D eigenvalue weighted by atomic mass is 16.5. The summed E-state index contributed by atoms with van der Waals surface area (Å²) >= 11 is 0. The third kappa shape index (κ3) is 10.7. The number of hydrogen-bond donors (Lipinski definition) is 4. The predicted molar refractivity (Wildman–Crippen MR) is 220 cm³/mol. The van der Waals surface area contributed by atoms with Gasteiger partial charge in [-0.05, 0) is 73.9 Å². The van der Waals surface area contributed by atoms with Crippen molar-refractivity contribution < 1.29 is 34.0 Å². The second kappa shape index (κ2) is 18.4. The Morgan fingerprint density at radius 3 is 2.47 bits per heavy atom. The van der Waals surface area contributed by atoms with Crippen molar-refractivity contribution in [2.45, 2.75) is 82.4 Å². The monoisotopic (exact) mass is 778 g/mol. The van der Waals surface area contributed by atoms with E-state index in [4.69, 9.17) is 14.2 Å². The number of carbonyl (C=O) groups excluding carboxylic acids is 2. The molecule has 2 saturated heterocycles. The van der Waals surface area contributed by atoms with Gasteiger partial charge in [0, 0.05) is 62.4 Å². The molecule has 2 aliphatic heterocycles. The maximum atomic E-state index is 14.2. The van der Waals surface area contributed by atoms with Crippen molar-refractivity contribution >= 4 is 22.6 Å². The first-order valence-electron chi connectivity index (χ1n) is 20.5. The van der Waals surface area contributed by atoms with Crippen molar-refractivity contribution in [2.75, 3.05) is 52.5 Å². The second-order valence-electron chi connectivity index (χ2n) is 16.9. The van der Waals surface area contributed by atoms with E-state index < -0.39 is 35.7 Å². The number of amides is 2. The van der Waals surface area contributed by atoms with Gasteiger partial charge < -0.3 is 35.1 Å². The van der Waals surface area contributed by atoms with Crippen molar-refractivity contribution in [3.05, 3.63) is 108 Å². The Bertz CT molecular complexity index is 1960. The van der Waals surface area contributed by atoms with Gasteiger partial charge in [0.05, 0.1) is 37.5 Å². The summed E-state index contributed by atoms with van der Waals surface area (Å²) in [5, 5.41) is 31.1. The number of morpholine rings is 1. The summed E-state index contributed by atoms with van der Waals surface area (Å²) in [6.07, 6.45) is -0.481. The molecule has 0 radical (unpaired) electrons. The van der Waals surface area contributed by atoms with E-state index in [1.54, 1.807) is 0 Å². The molecule has 2 heterocycles. The number of benzene rings is 4. The van der Waals surface area contributed by atoms with Gasteiger partial charge >= 0.3 is 0 Å². The number of aliphatic hydroxyl groups excluding tert-OH is 2. The van der Waals surface area contributed by atoms with Crippen molar-refractivity contribution in [3.8, 4) is 11.5 Å². The van der Waals surface area contributed by atoms with Crippen molar-refractivity contribution in [2.24, 2.45) is 5.92 Å². The Hall–Kier alpha value is -4.52. The molecule has 4 aromatic rings. The first kappa shape index (κ1) is 40.7. The lowest BCUT2D eigenvalue weighted by atomic mass is 9.91. The highest BCUT2D eigenvalue weighted by Gasteiger charge is 2.41. The summed E-state index contributed by atoms with van der Waals surface area (Å²) in [6.45, 7) is 11.2. The molecule has 304 valence electrons. The van der Waals surface area contributed by atoms with E-state index in [1.807, 2.05) is 117 Å². The van der Waals surface area contributed by atoms with Crippen LogP contribution in [0.5, 0.6) is 11.5 Å². The van der Waals surface area contributed by atoms with Gasteiger partial charge in [-0.2, -0.15) is 0 Å². The predicted octanol–water partition coefficient (Wildman–Crippen LogP) is 4.67. The van der Waals surface area contributed by atoms with Gasteiger partial charge in [0.2, 0.25) is 11.8 Å². The van der Waals surface area contributed by atoms with Crippen LogP contribution in [-0.2, 0) is 27.2 Å². The molecular formula is C46H58N4O7. The molecule has 11 nitrogen and oxygen atoms in total. The van der Waals surface area contributed by atoms with Crippen molar-refractivity contribution in [3.63, 3.8) is 0 Å². The number of carbonyl (C=O) groups is 2. The van der Waals surface area contributed by atoms with Gasteiger partial charge in [-0.3, -0.25) is 19.4 Å². The van der Waals surface area contributed by atoms with Gasteiger partial charge in [0.1, 0.15) is 24.2 Å². The van der Waals surface area contributed by atoms with Crippen molar-refractivity contribution in [1.82, 2.24) is 20.4 Å². The molecule has 4 aromatic carbocycles. The van der Waals surface area contributed by atoms with E-state index in [-0.39, 0.29) is 30.9 Å². The number of nitrogens with zero attached hydrogens (tertiary/aromatic N) is 2. The molecule has 0 bridgehead atoms. The zero-order valence-corrected chi connectivity index (χ0v) is 33.4. The van der Waals surface area contributed by atoms with Gasteiger partial charge in [-0.25, -0.2) is 0 Å². The van der Waals surface area contributed by atoms with Crippen LogP contribution in [0.4, 0.5) is 0 Å². The molecule has 4 N–H and O–H groups in total. The topological polar surface area (TPSA) is 133 Å². The fourth-order valence-corrected chi connectivity index (χ4v) is 8.45. The summed E-state index contributed by atoms with van der Waals surface area (Å²) in [7, 11) is 0. The maximum Gasteiger partial charge on any atom is 0.237 e. The minimum absolute atomic E-state index is 0.117. The first-order valence-corrected chi connectivity index (χ1v) is 20.5. The SMILES string of the molecule is CC(C)(C)NC(=O)C1C[C@H](Oc2cccc3ccccc23)CN1C[C@@H](O)C[C@@H](Cc1ccc(OCCN2CCOCC2)cc1)C(=O)N[C@H]1c2ccccc2C[C@H]1O. The van der Waals surface area contributed by atoms with Crippen LogP contribution < -0.4 is 20.1 Å². The summed E-state index contributed by atoms with van der Waals surface area (Å²) < 4.78 is 18.1. The van der Waals surface area contributed by atoms with Crippen molar-refractivity contribution in [1.29, 1.82) is 0 Å². The molecule has 1 unspecified atom stereocenters. The third-order valence-electron chi connectivity index (χ3n) is 11.3. The number of likely N-dealkylation sites (tertiary alicyclic amines) is 1. The van der Waals surface area contributed by atoms with E-state index in [0.717, 1.165) is 71.8 Å². The lowest BCUT2D eigenvalue weighted by molar-refractivity contribution is -0.129. The molecule has 11 heteroatoms. The molecule has 2 fully saturated rings.